The van der Waals surface area contributed by atoms with Crippen molar-refractivity contribution in [3.05, 3.63) is 47.7 Å². The number of aromatic nitrogens is 2. The van der Waals surface area contributed by atoms with Crippen LogP contribution in [0.5, 0.6) is 0 Å². The van der Waals surface area contributed by atoms with Crippen molar-refractivity contribution in [2.45, 2.75) is 19.8 Å². The minimum Gasteiger partial charge on any atom is -0.305 e. The van der Waals surface area contributed by atoms with Crippen molar-refractivity contribution in [1.82, 2.24) is 10.2 Å². The van der Waals surface area contributed by atoms with Gasteiger partial charge in [-0.05, 0) is 18.6 Å². The third-order valence-corrected chi connectivity index (χ3v) is 2.43. The largest absolute Gasteiger partial charge is 0.305 e. The molecular formula is C13H15N3O. The minimum atomic E-state index is -0.139. The number of carbonyl (C=O) groups is 1. The van der Waals surface area contributed by atoms with Crippen LogP contribution in [-0.2, 0) is 6.42 Å². The third-order valence-electron chi connectivity index (χ3n) is 2.43. The molecule has 0 radical (unpaired) electrons. The van der Waals surface area contributed by atoms with Gasteiger partial charge >= 0.3 is 0 Å². The Kier molecular flexibility index (Phi) is 3.55. The number of nitrogens with one attached hydrogen (secondary N) is 2. The molecule has 4 heteroatoms. The number of carbonyl (C=O) groups excluding carboxylic acids is 1. The van der Waals surface area contributed by atoms with Crippen LogP contribution in [0.25, 0.3) is 0 Å². The zero-order valence-electron chi connectivity index (χ0n) is 9.73. The molecule has 0 saturated carbocycles. The average molecular weight is 229 g/mol. The Labute approximate surface area is 100 Å². The molecule has 2 N–H and O–H groups in total. The lowest BCUT2D eigenvalue weighted by molar-refractivity contribution is 0.102. The Balaban J connectivity index is 2.03. The Hall–Kier alpha value is -2.10. The number of aromatic amines is 1. The van der Waals surface area contributed by atoms with Crippen molar-refractivity contribution in [2.75, 3.05) is 5.32 Å². The number of rotatable bonds is 4. The SMILES string of the molecule is CCCc1cc(NC(=O)c2ccccc2)n[nH]1. The molecule has 0 fully saturated rings. The molecule has 0 atom stereocenters. The van der Waals surface area contributed by atoms with E-state index in [4.69, 9.17) is 0 Å². The lowest BCUT2D eigenvalue weighted by atomic mass is 10.2. The summed E-state index contributed by atoms with van der Waals surface area (Å²) in [6, 6.07) is 11.0. The topological polar surface area (TPSA) is 57.8 Å². The fourth-order valence-corrected chi connectivity index (χ4v) is 1.60. The number of aryl methyl sites for hydroxylation is 1. The summed E-state index contributed by atoms with van der Waals surface area (Å²) in [5.74, 6) is 0.433. The Morgan fingerprint density at radius 3 is 2.82 bits per heavy atom. The molecule has 2 aromatic rings. The van der Waals surface area contributed by atoms with Crippen molar-refractivity contribution in [2.24, 2.45) is 0 Å². The molecule has 0 spiro atoms. The van der Waals surface area contributed by atoms with Crippen molar-refractivity contribution in [3.8, 4) is 0 Å². The maximum Gasteiger partial charge on any atom is 0.256 e. The lowest BCUT2D eigenvalue weighted by Crippen LogP contribution is -2.11. The number of nitrogens with zero attached hydrogens (tertiary/aromatic N) is 1. The molecular weight excluding hydrogens is 214 g/mol. The smallest absolute Gasteiger partial charge is 0.256 e. The zero-order valence-corrected chi connectivity index (χ0v) is 9.73. The van der Waals surface area contributed by atoms with Crippen molar-refractivity contribution in [3.63, 3.8) is 0 Å². The van der Waals surface area contributed by atoms with Gasteiger partial charge in [0, 0.05) is 17.3 Å². The van der Waals surface area contributed by atoms with Crippen molar-refractivity contribution < 1.29 is 4.79 Å². The standard InChI is InChI=1S/C13H15N3O/c1-2-6-11-9-12(16-15-11)14-13(17)10-7-4-3-5-8-10/h3-5,7-9H,2,6H2,1H3,(H2,14,15,16,17). The second kappa shape index (κ2) is 5.30. The predicted molar refractivity (Wildman–Crippen MR) is 67.0 cm³/mol. The Bertz CT molecular complexity index is 490. The second-order valence-electron chi connectivity index (χ2n) is 3.85. The number of hydrogen-bond acceptors (Lipinski definition) is 2. The normalized spacial score (nSPS) is 10.2. The van der Waals surface area contributed by atoms with E-state index >= 15 is 0 Å². The van der Waals surface area contributed by atoms with Gasteiger partial charge < -0.3 is 5.32 Å². The average Bonchev–Trinajstić information content (AvgIpc) is 2.78. The van der Waals surface area contributed by atoms with Crippen LogP contribution < -0.4 is 5.32 Å². The molecule has 0 bridgehead atoms. The van der Waals surface area contributed by atoms with Gasteiger partial charge in [0.15, 0.2) is 5.82 Å². The van der Waals surface area contributed by atoms with Gasteiger partial charge in [-0.25, -0.2) is 0 Å². The highest BCUT2D eigenvalue weighted by atomic mass is 16.1. The van der Waals surface area contributed by atoms with Gasteiger partial charge in [-0.15, -0.1) is 0 Å². The van der Waals surface area contributed by atoms with Gasteiger partial charge in [0.1, 0.15) is 0 Å². The fourth-order valence-electron chi connectivity index (χ4n) is 1.60. The first kappa shape index (κ1) is 11.4. The third kappa shape index (κ3) is 2.93. The summed E-state index contributed by atoms with van der Waals surface area (Å²) in [5.41, 5.74) is 1.67. The summed E-state index contributed by atoms with van der Waals surface area (Å²) in [4.78, 5) is 11.8. The summed E-state index contributed by atoms with van der Waals surface area (Å²) >= 11 is 0. The van der Waals surface area contributed by atoms with Crippen LogP contribution in [0.15, 0.2) is 36.4 Å². The molecule has 0 aliphatic heterocycles. The molecule has 0 unspecified atom stereocenters. The maximum absolute atomic E-state index is 11.8. The van der Waals surface area contributed by atoms with E-state index in [1.807, 2.05) is 24.3 Å². The van der Waals surface area contributed by atoms with Crippen LogP contribution in [0.2, 0.25) is 0 Å². The van der Waals surface area contributed by atoms with Crippen LogP contribution in [-0.4, -0.2) is 16.1 Å². The van der Waals surface area contributed by atoms with Crippen LogP contribution in [0.4, 0.5) is 5.82 Å². The number of anilines is 1. The molecule has 0 aliphatic rings. The number of hydrogen-bond donors (Lipinski definition) is 2. The van der Waals surface area contributed by atoms with Crippen LogP contribution in [0, 0.1) is 0 Å². The highest BCUT2D eigenvalue weighted by Crippen LogP contribution is 2.09. The summed E-state index contributed by atoms with van der Waals surface area (Å²) in [6.45, 7) is 2.10. The lowest BCUT2D eigenvalue weighted by Gasteiger charge is -2.00. The number of amides is 1. The second-order valence-corrected chi connectivity index (χ2v) is 3.85. The van der Waals surface area contributed by atoms with Gasteiger partial charge in [0.2, 0.25) is 0 Å². The van der Waals surface area contributed by atoms with E-state index in [9.17, 15) is 4.79 Å². The summed E-state index contributed by atoms with van der Waals surface area (Å²) in [6.07, 6.45) is 1.99. The van der Waals surface area contributed by atoms with Gasteiger partial charge in [-0.2, -0.15) is 5.10 Å². The molecule has 1 aromatic carbocycles. The summed E-state index contributed by atoms with van der Waals surface area (Å²) < 4.78 is 0. The van der Waals surface area contributed by atoms with E-state index < -0.39 is 0 Å². The predicted octanol–water partition coefficient (Wildman–Crippen LogP) is 2.61. The van der Waals surface area contributed by atoms with Crippen molar-refractivity contribution in [1.29, 1.82) is 0 Å². The summed E-state index contributed by atoms with van der Waals surface area (Å²) in [5, 5.41) is 9.70. The Morgan fingerprint density at radius 1 is 1.35 bits per heavy atom. The molecule has 0 aliphatic carbocycles. The summed E-state index contributed by atoms with van der Waals surface area (Å²) in [7, 11) is 0. The minimum absolute atomic E-state index is 0.139. The molecule has 1 amide bonds. The van der Waals surface area contributed by atoms with Crippen LogP contribution in [0.1, 0.15) is 29.4 Å². The molecule has 4 nitrogen and oxygen atoms in total. The van der Waals surface area contributed by atoms with Crippen LogP contribution in [0.3, 0.4) is 0 Å². The van der Waals surface area contributed by atoms with Crippen molar-refractivity contribution >= 4 is 11.7 Å². The highest BCUT2D eigenvalue weighted by molar-refractivity contribution is 6.03. The first-order chi connectivity index (χ1) is 8.29. The molecule has 1 aromatic heterocycles. The monoisotopic (exact) mass is 229 g/mol. The van der Waals surface area contributed by atoms with Gasteiger partial charge in [0.05, 0.1) is 0 Å². The number of benzene rings is 1. The quantitative estimate of drug-likeness (QED) is 0.846. The number of H-pyrrole nitrogens is 1. The Morgan fingerprint density at radius 2 is 2.12 bits per heavy atom. The molecule has 1 heterocycles. The van der Waals surface area contributed by atoms with E-state index in [-0.39, 0.29) is 5.91 Å². The van der Waals surface area contributed by atoms with Gasteiger partial charge in [0.25, 0.3) is 5.91 Å². The van der Waals surface area contributed by atoms with Gasteiger partial charge in [-0.3, -0.25) is 9.89 Å². The van der Waals surface area contributed by atoms with E-state index in [1.165, 1.54) is 0 Å². The first-order valence-corrected chi connectivity index (χ1v) is 5.70. The molecule has 88 valence electrons. The maximum atomic E-state index is 11.8. The van der Waals surface area contributed by atoms with E-state index in [1.54, 1.807) is 12.1 Å². The van der Waals surface area contributed by atoms with E-state index in [2.05, 4.69) is 22.4 Å². The highest BCUT2D eigenvalue weighted by Gasteiger charge is 2.07. The van der Waals surface area contributed by atoms with Crippen LogP contribution >= 0.6 is 0 Å². The first-order valence-electron chi connectivity index (χ1n) is 5.70. The zero-order chi connectivity index (χ0) is 12.1. The molecule has 2 rings (SSSR count). The fraction of sp³-hybridized carbons (Fsp3) is 0.231. The molecule has 17 heavy (non-hydrogen) atoms. The van der Waals surface area contributed by atoms with E-state index in [0.29, 0.717) is 11.4 Å². The van der Waals surface area contributed by atoms with Gasteiger partial charge in [-0.1, -0.05) is 31.5 Å². The van der Waals surface area contributed by atoms with E-state index in [0.717, 1.165) is 18.5 Å². The molecule has 0 saturated heterocycles.